The summed E-state index contributed by atoms with van der Waals surface area (Å²) >= 11 is 0. The molecule has 0 bridgehead atoms. The first-order chi connectivity index (χ1) is 30.8. The minimum Gasteiger partial charge on any atom is -0.394 e. The first kappa shape index (κ1) is 59.4. The van der Waals surface area contributed by atoms with Crippen LogP contribution in [0.2, 0.25) is 0 Å². The van der Waals surface area contributed by atoms with Crippen molar-refractivity contribution in [2.75, 3.05) is 13.2 Å². The number of allylic oxidation sites excluding steroid dienone is 5. The first-order valence-corrected chi connectivity index (χ1v) is 26.7. The predicted octanol–water partition coefficient (Wildman–Crippen LogP) is 12.4. The van der Waals surface area contributed by atoms with Crippen molar-refractivity contribution >= 4 is 5.91 Å². The molecule has 7 unspecified atom stereocenters. The summed E-state index contributed by atoms with van der Waals surface area (Å²) in [7, 11) is 0. The second kappa shape index (κ2) is 44.3. The molecule has 63 heavy (non-hydrogen) atoms. The van der Waals surface area contributed by atoms with E-state index >= 15 is 0 Å². The average molecular weight is 892 g/mol. The number of nitrogens with one attached hydrogen (secondary N) is 1. The number of hydrogen-bond donors (Lipinski definition) is 6. The molecule has 1 amide bonds. The summed E-state index contributed by atoms with van der Waals surface area (Å²) in [5.74, 6) is -0.197. The van der Waals surface area contributed by atoms with Crippen LogP contribution in [-0.4, -0.2) is 87.5 Å². The van der Waals surface area contributed by atoms with E-state index in [-0.39, 0.29) is 12.5 Å². The predicted molar refractivity (Wildman–Crippen MR) is 263 cm³/mol. The Morgan fingerprint density at radius 2 is 0.921 bits per heavy atom. The van der Waals surface area contributed by atoms with Crippen molar-refractivity contribution in [3.8, 4) is 0 Å². The van der Waals surface area contributed by atoms with Crippen molar-refractivity contribution in [2.24, 2.45) is 0 Å². The zero-order valence-corrected chi connectivity index (χ0v) is 40.8. The van der Waals surface area contributed by atoms with Crippen LogP contribution in [-0.2, 0) is 14.3 Å². The zero-order chi connectivity index (χ0) is 45.9. The van der Waals surface area contributed by atoms with Gasteiger partial charge in [-0.15, -0.1) is 0 Å². The molecule has 1 saturated heterocycles. The van der Waals surface area contributed by atoms with E-state index in [0.717, 1.165) is 64.2 Å². The van der Waals surface area contributed by atoms with Crippen molar-refractivity contribution in [2.45, 2.75) is 288 Å². The summed E-state index contributed by atoms with van der Waals surface area (Å²) < 4.78 is 11.2. The fraction of sp³-hybridized carbons (Fsp3) is 0.870. The molecule has 0 aliphatic carbocycles. The van der Waals surface area contributed by atoms with Crippen LogP contribution in [0.25, 0.3) is 0 Å². The number of unbranched alkanes of at least 4 members (excludes halogenated alkanes) is 31. The number of amides is 1. The number of carbonyl (C=O) groups excluding carboxylic acids is 1. The lowest BCUT2D eigenvalue weighted by Crippen LogP contribution is -2.60. The highest BCUT2D eigenvalue weighted by atomic mass is 16.7. The van der Waals surface area contributed by atoms with Gasteiger partial charge in [0.25, 0.3) is 0 Å². The minimum atomic E-state index is -1.57. The first-order valence-electron chi connectivity index (χ1n) is 26.7. The van der Waals surface area contributed by atoms with Crippen molar-refractivity contribution < 1.29 is 39.8 Å². The van der Waals surface area contributed by atoms with Crippen molar-refractivity contribution in [1.82, 2.24) is 5.32 Å². The zero-order valence-electron chi connectivity index (χ0n) is 40.8. The molecule has 0 aromatic carbocycles. The third-order valence-electron chi connectivity index (χ3n) is 12.7. The maximum absolute atomic E-state index is 12.9. The lowest BCUT2D eigenvalue weighted by atomic mass is 9.99. The van der Waals surface area contributed by atoms with Crippen LogP contribution in [0.3, 0.4) is 0 Å². The van der Waals surface area contributed by atoms with Crippen LogP contribution in [0.5, 0.6) is 0 Å². The molecule has 0 radical (unpaired) electrons. The van der Waals surface area contributed by atoms with Crippen molar-refractivity contribution in [3.63, 3.8) is 0 Å². The van der Waals surface area contributed by atoms with Gasteiger partial charge in [0, 0.05) is 6.42 Å². The number of rotatable bonds is 45. The molecule has 7 atom stereocenters. The Hall–Kier alpha value is -1.59. The molecule has 1 rings (SSSR count). The Morgan fingerprint density at radius 3 is 1.38 bits per heavy atom. The number of carbonyl (C=O) groups is 1. The van der Waals surface area contributed by atoms with Crippen LogP contribution in [0.1, 0.15) is 245 Å². The van der Waals surface area contributed by atoms with Crippen LogP contribution in [0.4, 0.5) is 0 Å². The van der Waals surface area contributed by atoms with Crippen LogP contribution >= 0.6 is 0 Å². The van der Waals surface area contributed by atoms with Crippen molar-refractivity contribution in [3.05, 3.63) is 36.5 Å². The van der Waals surface area contributed by atoms with Gasteiger partial charge in [-0.2, -0.15) is 0 Å². The molecule has 0 saturated carbocycles. The molecule has 9 nitrogen and oxygen atoms in total. The molecule has 6 N–H and O–H groups in total. The Morgan fingerprint density at radius 1 is 0.524 bits per heavy atom. The molecule has 1 aliphatic heterocycles. The molecular formula is C54H101NO8. The third kappa shape index (κ3) is 34.4. The van der Waals surface area contributed by atoms with Gasteiger partial charge in [-0.1, -0.05) is 224 Å². The molecule has 9 heteroatoms. The van der Waals surface area contributed by atoms with Gasteiger partial charge < -0.3 is 40.3 Å². The van der Waals surface area contributed by atoms with Gasteiger partial charge in [0.15, 0.2) is 6.29 Å². The van der Waals surface area contributed by atoms with E-state index in [1.54, 1.807) is 6.08 Å². The highest BCUT2D eigenvalue weighted by molar-refractivity contribution is 5.76. The lowest BCUT2D eigenvalue weighted by molar-refractivity contribution is -0.302. The van der Waals surface area contributed by atoms with Gasteiger partial charge >= 0.3 is 0 Å². The third-order valence-corrected chi connectivity index (χ3v) is 12.7. The Kier molecular flexibility index (Phi) is 41.7. The van der Waals surface area contributed by atoms with Crippen molar-refractivity contribution in [1.29, 1.82) is 0 Å². The molecule has 0 spiro atoms. The smallest absolute Gasteiger partial charge is 0.220 e. The topological polar surface area (TPSA) is 149 Å². The minimum absolute atomic E-state index is 0.197. The standard InChI is InChI=1S/C54H101NO8/c1-3-5-7-9-11-13-15-16-17-18-19-20-21-22-23-24-25-26-27-28-29-30-31-32-34-35-37-39-41-43-48(57)47(46-62-54-53(61)52(60)51(59)49(45-56)63-54)55-50(58)44-42-40-38-36-33-14-12-10-8-6-4-2/h10,12,34-35,41,43,47-49,51-54,56-57,59-61H,3-9,11,13-33,36-40,42,44-46H2,1-2H3,(H,55,58)/b12-10-,35-34+,43-41+. The number of ether oxygens (including phenoxy) is 2. The van der Waals surface area contributed by atoms with E-state index in [4.69, 9.17) is 9.47 Å². The second-order valence-corrected chi connectivity index (χ2v) is 18.7. The normalized spacial score (nSPS) is 20.4. The molecule has 1 aliphatic rings. The number of aliphatic hydroxyl groups excluding tert-OH is 5. The van der Waals surface area contributed by atoms with Gasteiger partial charge in [-0.05, 0) is 51.4 Å². The highest BCUT2D eigenvalue weighted by Gasteiger charge is 2.44. The number of hydrogen-bond acceptors (Lipinski definition) is 8. The summed E-state index contributed by atoms with van der Waals surface area (Å²) in [6.07, 6.45) is 49.4. The monoisotopic (exact) mass is 892 g/mol. The highest BCUT2D eigenvalue weighted by Crippen LogP contribution is 2.23. The second-order valence-electron chi connectivity index (χ2n) is 18.7. The Balaban J connectivity index is 2.20. The van der Waals surface area contributed by atoms with Gasteiger partial charge in [0.05, 0.1) is 25.4 Å². The molecular weight excluding hydrogens is 791 g/mol. The largest absolute Gasteiger partial charge is 0.394 e. The molecule has 370 valence electrons. The molecule has 1 fully saturated rings. The summed E-state index contributed by atoms with van der Waals surface area (Å²) in [4.78, 5) is 12.9. The lowest BCUT2D eigenvalue weighted by Gasteiger charge is -2.40. The molecule has 1 heterocycles. The van der Waals surface area contributed by atoms with Gasteiger partial charge in [0.1, 0.15) is 24.4 Å². The molecule has 0 aromatic rings. The van der Waals surface area contributed by atoms with Gasteiger partial charge in [-0.25, -0.2) is 0 Å². The number of aliphatic hydroxyl groups is 5. The van der Waals surface area contributed by atoms with E-state index < -0.39 is 49.5 Å². The fourth-order valence-corrected chi connectivity index (χ4v) is 8.39. The van der Waals surface area contributed by atoms with Gasteiger partial charge in [0.2, 0.25) is 5.91 Å². The van der Waals surface area contributed by atoms with E-state index in [1.807, 2.05) is 6.08 Å². The van der Waals surface area contributed by atoms with Crippen LogP contribution in [0.15, 0.2) is 36.5 Å². The summed E-state index contributed by atoms with van der Waals surface area (Å²) in [5.41, 5.74) is 0. The van der Waals surface area contributed by atoms with E-state index in [2.05, 4.69) is 43.5 Å². The van der Waals surface area contributed by atoms with Crippen LogP contribution < -0.4 is 5.32 Å². The SMILES string of the molecule is CCCC/C=C\CCCCCCCC(=O)NC(COC1OC(CO)C(O)C(O)C1O)C(O)/C=C/CC/C=C/CCCCCCCCCCCCCCCCCCCCCCCCC. The molecule has 0 aromatic heterocycles. The van der Waals surface area contributed by atoms with E-state index in [9.17, 15) is 30.3 Å². The fourth-order valence-electron chi connectivity index (χ4n) is 8.39. The maximum atomic E-state index is 12.9. The van der Waals surface area contributed by atoms with E-state index in [1.165, 1.54) is 161 Å². The average Bonchev–Trinajstić information content (AvgIpc) is 3.28. The summed E-state index contributed by atoms with van der Waals surface area (Å²) in [6.45, 7) is 3.72. The van der Waals surface area contributed by atoms with Crippen LogP contribution in [0, 0.1) is 0 Å². The van der Waals surface area contributed by atoms with Gasteiger partial charge in [-0.3, -0.25) is 4.79 Å². The summed E-state index contributed by atoms with van der Waals surface area (Å²) in [6, 6.07) is -0.824. The Bertz CT molecular complexity index is 1080. The summed E-state index contributed by atoms with van der Waals surface area (Å²) in [5, 5.41) is 54.2. The Labute approximate surface area is 387 Å². The van der Waals surface area contributed by atoms with E-state index in [0.29, 0.717) is 6.42 Å². The maximum Gasteiger partial charge on any atom is 0.220 e. The quantitative estimate of drug-likeness (QED) is 0.0261.